The van der Waals surface area contributed by atoms with E-state index in [1.54, 1.807) is 0 Å². The molecular formula is C16H22N2OS. The van der Waals surface area contributed by atoms with Crippen LogP contribution in [0.2, 0.25) is 0 Å². The third-order valence-corrected chi connectivity index (χ3v) is 4.74. The Bertz CT molecular complexity index is 506. The molecule has 108 valence electrons. The molecule has 1 heterocycles. The number of rotatable bonds is 3. The van der Waals surface area contributed by atoms with Crippen molar-refractivity contribution in [1.82, 2.24) is 4.90 Å². The molecule has 20 heavy (non-hydrogen) atoms. The summed E-state index contributed by atoms with van der Waals surface area (Å²) < 4.78 is 0. The van der Waals surface area contributed by atoms with Crippen LogP contribution in [0.5, 0.6) is 0 Å². The van der Waals surface area contributed by atoms with Crippen molar-refractivity contribution in [3.8, 4) is 11.8 Å². The molecule has 4 heteroatoms. The summed E-state index contributed by atoms with van der Waals surface area (Å²) in [5.41, 5.74) is 5.37. The van der Waals surface area contributed by atoms with Gasteiger partial charge >= 0.3 is 0 Å². The van der Waals surface area contributed by atoms with Gasteiger partial charge in [0.15, 0.2) is 0 Å². The number of nitrogens with zero attached hydrogens (tertiary/aromatic N) is 1. The van der Waals surface area contributed by atoms with Gasteiger partial charge in [-0.1, -0.05) is 31.1 Å². The van der Waals surface area contributed by atoms with E-state index in [4.69, 9.17) is 5.73 Å². The summed E-state index contributed by atoms with van der Waals surface area (Å²) in [5.74, 6) is 5.97. The standard InChI is InChI=1S/C16H22N2OS/c1-2-18(13-7-4-3-5-8-13)16(19)15-11-10-14(20-15)9-6-12-17/h10-11,13H,2-5,7-8,12,17H2,1H3. The lowest BCUT2D eigenvalue weighted by atomic mass is 9.94. The van der Waals surface area contributed by atoms with Gasteiger partial charge in [0.2, 0.25) is 0 Å². The van der Waals surface area contributed by atoms with Gasteiger partial charge in [0.25, 0.3) is 5.91 Å². The molecule has 0 saturated heterocycles. The minimum atomic E-state index is 0.158. The van der Waals surface area contributed by atoms with Crippen LogP contribution in [0.15, 0.2) is 12.1 Å². The average molecular weight is 290 g/mol. The summed E-state index contributed by atoms with van der Waals surface area (Å²) in [5, 5.41) is 0. The van der Waals surface area contributed by atoms with Gasteiger partial charge in [-0.15, -0.1) is 11.3 Å². The first-order chi connectivity index (χ1) is 9.76. The van der Waals surface area contributed by atoms with Gasteiger partial charge in [-0.2, -0.15) is 0 Å². The topological polar surface area (TPSA) is 46.3 Å². The highest BCUT2D eigenvalue weighted by Gasteiger charge is 2.25. The molecule has 0 aromatic carbocycles. The Kier molecular flexibility index (Phi) is 5.63. The SMILES string of the molecule is CCN(C(=O)c1ccc(C#CCN)s1)C1CCCCC1. The van der Waals surface area contributed by atoms with Gasteiger partial charge in [-0.3, -0.25) is 4.79 Å². The van der Waals surface area contributed by atoms with Gasteiger partial charge in [0, 0.05) is 12.6 Å². The van der Waals surface area contributed by atoms with E-state index in [2.05, 4.69) is 18.8 Å². The van der Waals surface area contributed by atoms with Crippen molar-refractivity contribution >= 4 is 17.2 Å². The Morgan fingerprint density at radius 3 is 2.80 bits per heavy atom. The molecule has 0 bridgehead atoms. The number of hydrogen-bond acceptors (Lipinski definition) is 3. The zero-order chi connectivity index (χ0) is 14.4. The lowest BCUT2D eigenvalue weighted by molar-refractivity contribution is 0.0653. The zero-order valence-corrected chi connectivity index (χ0v) is 12.8. The number of amides is 1. The normalized spacial score (nSPS) is 15.5. The first-order valence-corrected chi connectivity index (χ1v) is 8.17. The van der Waals surface area contributed by atoms with E-state index in [1.807, 2.05) is 17.0 Å². The molecule has 1 amide bonds. The van der Waals surface area contributed by atoms with Gasteiger partial charge in [0.1, 0.15) is 0 Å². The highest BCUT2D eigenvalue weighted by atomic mass is 32.1. The second-order valence-electron chi connectivity index (χ2n) is 5.05. The highest BCUT2D eigenvalue weighted by Crippen LogP contribution is 2.25. The predicted octanol–water partition coefficient (Wildman–Crippen LogP) is 2.85. The summed E-state index contributed by atoms with van der Waals surface area (Å²) in [7, 11) is 0. The van der Waals surface area contributed by atoms with Crippen LogP contribution in [-0.2, 0) is 0 Å². The molecule has 1 aliphatic rings. The summed E-state index contributed by atoms with van der Waals surface area (Å²) in [4.78, 5) is 16.4. The molecule has 1 aromatic heterocycles. The van der Waals surface area contributed by atoms with E-state index in [0.29, 0.717) is 12.6 Å². The Hall–Kier alpha value is -1.31. The lowest BCUT2D eigenvalue weighted by Crippen LogP contribution is -2.40. The molecule has 0 radical (unpaired) electrons. The molecule has 2 N–H and O–H groups in total. The van der Waals surface area contributed by atoms with Crippen LogP contribution in [0.1, 0.15) is 53.6 Å². The first-order valence-electron chi connectivity index (χ1n) is 7.36. The van der Waals surface area contributed by atoms with Crippen LogP contribution in [0.25, 0.3) is 0 Å². The molecule has 2 rings (SSSR count). The molecule has 1 fully saturated rings. The summed E-state index contributed by atoms with van der Waals surface area (Å²) >= 11 is 1.47. The summed E-state index contributed by atoms with van der Waals surface area (Å²) in [6.45, 7) is 3.20. The zero-order valence-electron chi connectivity index (χ0n) is 12.0. The van der Waals surface area contributed by atoms with Gasteiger partial charge in [-0.25, -0.2) is 0 Å². The number of carbonyl (C=O) groups excluding carboxylic acids is 1. The monoisotopic (exact) mass is 290 g/mol. The van der Waals surface area contributed by atoms with Crippen molar-refractivity contribution in [1.29, 1.82) is 0 Å². The molecule has 0 spiro atoms. The van der Waals surface area contributed by atoms with E-state index in [1.165, 1.54) is 30.6 Å². The van der Waals surface area contributed by atoms with E-state index in [9.17, 15) is 4.79 Å². The molecule has 0 unspecified atom stereocenters. The van der Waals surface area contributed by atoms with E-state index in [0.717, 1.165) is 29.1 Å². The molecule has 1 aromatic rings. The largest absolute Gasteiger partial charge is 0.335 e. The van der Waals surface area contributed by atoms with Crippen molar-refractivity contribution in [3.05, 3.63) is 21.9 Å². The minimum absolute atomic E-state index is 0.158. The fourth-order valence-electron chi connectivity index (χ4n) is 2.76. The summed E-state index contributed by atoms with van der Waals surface area (Å²) in [6, 6.07) is 4.22. The van der Waals surface area contributed by atoms with Crippen LogP contribution in [0.4, 0.5) is 0 Å². The predicted molar refractivity (Wildman–Crippen MR) is 83.8 cm³/mol. The highest BCUT2D eigenvalue weighted by molar-refractivity contribution is 7.14. The number of hydrogen-bond donors (Lipinski definition) is 1. The van der Waals surface area contributed by atoms with E-state index < -0.39 is 0 Å². The molecule has 1 aliphatic carbocycles. The van der Waals surface area contributed by atoms with Gasteiger partial charge in [0.05, 0.1) is 16.3 Å². The second kappa shape index (κ2) is 7.47. The van der Waals surface area contributed by atoms with Crippen molar-refractivity contribution in [2.75, 3.05) is 13.1 Å². The van der Waals surface area contributed by atoms with Crippen molar-refractivity contribution in [2.45, 2.75) is 45.1 Å². The first kappa shape index (κ1) is 15.1. The maximum absolute atomic E-state index is 12.6. The van der Waals surface area contributed by atoms with Crippen molar-refractivity contribution in [3.63, 3.8) is 0 Å². The molecular weight excluding hydrogens is 268 g/mol. The van der Waals surface area contributed by atoms with Crippen LogP contribution >= 0.6 is 11.3 Å². The number of thiophene rings is 1. The van der Waals surface area contributed by atoms with Crippen LogP contribution in [0.3, 0.4) is 0 Å². The Balaban J connectivity index is 2.09. The third-order valence-electron chi connectivity index (χ3n) is 3.75. The maximum atomic E-state index is 12.6. The Labute approximate surface area is 125 Å². The molecule has 1 saturated carbocycles. The Morgan fingerprint density at radius 1 is 1.40 bits per heavy atom. The molecule has 0 atom stereocenters. The van der Waals surface area contributed by atoms with Gasteiger partial charge in [-0.05, 0) is 31.9 Å². The van der Waals surface area contributed by atoms with E-state index in [-0.39, 0.29) is 5.91 Å². The van der Waals surface area contributed by atoms with Gasteiger partial charge < -0.3 is 10.6 Å². The second-order valence-corrected chi connectivity index (χ2v) is 6.14. The smallest absolute Gasteiger partial charge is 0.264 e. The van der Waals surface area contributed by atoms with Crippen LogP contribution in [0, 0.1) is 11.8 Å². The van der Waals surface area contributed by atoms with Crippen molar-refractivity contribution < 1.29 is 4.79 Å². The number of carbonyl (C=O) groups is 1. The number of nitrogens with two attached hydrogens (primary N) is 1. The molecule has 3 nitrogen and oxygen atoms in total. The minimum Gasteiger partial charge on any atom is -0.335 e. The quantitative estimate of drug-likeness (QED) is 0.870. The van der Waals surface area contributed by atoms with Crippen LogP contribution in [-0.4, -0.2) is 29.9 Å². The molecule has 0 aliphatic heterocycles. The lowest BCUT2D eigenvalue weighted by Gasteiger charge is -2.33. The summed E-state index contributed by atoms with van der Waals surface area (Å²) in [6.07, 6.45) is 6.08. The van der Waals surface area contributed by atoms with E-state index >= 15 is 0 Å². The van der Waals surface area contributed by atoms with Crippen molar-refractivity contribution in [2.24, 2.45) is 5.73 Å². The van der Waals surface area contributed by atoms with Crippen LogP contribution < -0.4 is 5.73 Å². The maximum Gasteiger partial charge on any atom is 0.264 e. The fourth-order valence-corrected chi connectivity index (χ4v) is 3.60. The Morgan fingerprint density at radius 2 is 2.15 bits per heavy atom. The average Bonchev–Trinajstić information content (AvgIpc) is 2.96. The third kappa shape index (κ3) is 3.62. The fraction of sp³-hybridized carbons (Fsp3) is 0.562.